The Morgan fingerprint density at radius 2 is 1.58 bits per heavy atom. The zero-order chi connectivity index (χ0) is 24.2. The molecule has 0 spiro atoms. The van der Waals surface area contributed by atoms with Crippen molar-refractivity contribution in [3.63, 3.8) is 0 Å². The third-order valence-corrected chi connectivity index (χ3v) is 6.06. The number of aryl methyl sites for hydroxylation is 1. The smallest absolute Gasteiger partial charge is 0.234 e. The Bertz CT molecular complexity index is 975. The molecular weight excluding hydrogens is 419 g/mol. The molecule has 33 heavy (non-hydrogen) atoms. The molecule has 0 radical (unpaired) electrons. The molecule has 1 fully saturated rings. The molecule has 1 aromatic carbocycles. The van der Waals surface area contributed by atoms with E-state index in [1.807, 2.05) is 40.7 Å². The lowest BCUT2D eigenvalue weighted by molar-refractivity contribution is -0.123. The van der Waals surface area contributed by atoms with Crippen molar-refractivity contribution in [2.75, 3.05) is 39.3 Å². The molecule has 180 valence electrons. The Kier molecular flexibility index (Phi) is 8.08. The van der Waals surface area contributed by atoms with Crippen LogP contribution in [0.4, 0.5) is 4.39 Å². The number of Topliss-reactive ketones (excluding diaryl/α,β-unsaturated/α-hetero) is 1. The van der Waals surface area contributed by atoms with Crippen LogP contribution in [0.15, 0.2) is 30.3 Å². The van der Waals surface area contributed by atoms with E-state index in [1.165, 1.54) is 12.1 Å². The van der Waals surface area contributed by atoms with E-state index in [-0.39, 0.29) is 23.0 Å². The Morgan fingerprint density at radius 3 is 2.18 bits per heavy atom. The highest BCUT2D eigenvalue weighted by molar-refractivity contribution is 5.99. The molecular formula is C26H37FN4O2. The van der Waals surface area contributed by atoms with Crippen molar-refractivity contribution >= 4 is 11.7 Å². The third-order valence-electron chi connectivity index (χ3n) is 6.06. The van der Waals surface area contributed by atoms with Gasteiger partial charge in [0.15, 0.2) is 5.78 Å². The maximum Gasteiger partial charge on any atom is 0.234 e. The Hall–Kier alpha value is -2.51. The molecule has 3 rings (SSSR count). The van der Waals surface area contributed by atoms with Crippen molar-refractivity contribution in [1.29, 1.82) is 0 Å². The SMILES string of the molecule is Cc1cc(C(=O)CN2CCCN(CC(=O)NC(C)(C)C)CC2)c(C)n1Cc1ccc(F)cc1. The van der Waals surface area contributed by atoms with Crippen LogP contribution in [0, 0.1) is 19.7 Å². The van der Waals surface area contributed by atoms with E-state index in [0.717, 1.165) is 55.1 Å². The van der Waals surface area contributed by atoms with Gasteiger partial charge in [0, 0.05) is 42.1 Å². The molecule has 2 aromatic rings. The molecule has 0 bridgehead atoms. The molecule has 6 nitrogen and oxygen atoms in total. The molecule has 1 aliphatic rings. The van der Waals surface area contributed by atoms with Crippen LogP contribution in [-0.2, 0) is 11.3 Å². The van der Waals surface area contributed by atoms with Crippen molar-refractivity contribution < 1.29 is 14.0 Å². The number of nitrogens with zero attached hydrogens (tertiary/aromatic N) is 3. The molecule has 1 amide bonds. The maximum absolute atomic E-state index is 13.2. The Balaban J connectivity index is 1.58. The zero-order valence-electron chi connectivity index (χ0n) is 20.6. The van der Waals surface area contributed by atoms with E-state index < -0.39 is 0 Å². The van der Waals surface area contributed by atoms with E-state index in [0.29, 0.717) is 19.6 Å². The van der Waals surface area contributed by atoms with Crippen molar-refractivity contribution in [3.05, 3.63) is 58.7 Å². The van der Waals surface area contributed by atoms with Crippen molar-refractivity contribution in [2.24, 2.45) is 0 Å². The number of amides is 1. The standard InChI is InChI=1S/C26H37FN4O2/c1-19-15-23(20(2)31(19)16-21-7-9-22(27)10-8-21)24(32)17-29-11-6-12-30(14-13-29)18-25(33)28-26(3,4)5/h7-10,15H,6,11-14,16-18H2,1-5H3,(H,28,33). The summed E-state index contributed by atoms with van der Waals surface area (Å²) >= 11 is 0. The minimum atomic E-state index is -0.249. The maximum atomic E-state index is 13.2. The number of nitrogens with one attached hydrogen (secondary N) is 1. The van der Waals surface area contributed by atoms with Gasteiger partial charge in [-0.2, -0.15) is 0 Å². The van der Waals surface area contributed by atoms with E-state index in [1.54, 1.807) is 12.1 Å². The van der Waals surface area contributed by atoms with Gasteiger partial charge in [-0.05, 0) is 77.9 Å². The summed E-state index contributed by atoms with van der Waals surface area (Å²) in [6, 6.07) is 8.44. The molecule has 0 aliphatic carbocycles. The van der Waals surface area contributed by atoms with Crippen LogP contribution in [0.3, 0.4) is 0 Å². The van der Waals surface area contributed by atoms with Crippen molar-refractivity contribution in [2.45, 2.75) is 53.1 Å². The molecule has 0 atom stereocenters. The predicted molar refractivity (Wildman–Crippen MR) is 129 cm³/mol. The number of ketones is 1. The minimum Gasteiger partial charge on any atom is -0.350 e. The predicted octanol–water partition coefficient (Wildman–Crippen LogP) is 3.40. The van der Waals surface area contributed by atoms with Gasteiger partial charge in [-0.25, -0.2) is 4.39 Å². The number of aromatic nitrogens is 1. The highest BCUT2D eigenvalue weighted by Crippen LogP contribution is 2.19. The normalized spacial score (nSPS) is 15.9. The number of benzene rings is 1. The van der Waals surface area contributed by atoms with Gasteiger partial charge in [0.25, 0.3) is 0 Å². The number of halogens is 1. The van der Waals surface area contributed by atoms with Gasteiger partial charge in [-0.15, -0.1) is 0 Å². The van der Waals surface area contributed by atoms with Gasteiger partial charge in [-0.3, -0.25) is 19.4 Å². The Labute approximate surface area is 196 Å². The van der Waals surface area contributed by atoms with Crippen LogP contribution in [0.2, 0.25) is 0 Å². The van der Waals surface area contributed by atoms with E-state index in [4.69, 9.17) is 0 Å². The molecule has 2 heterocycles. The summed E-state index contributed by atoms with van der Waals surface area (Å²) in [5.41, 5.74) is 3.48. The number of rotatable bonds is 7. The number of carbonyl (C=O) groups excluding carboxylic acids is 2. The van der Waals surface area contributed by atoms with Crippen LogP contribution in [0.5, 0.6) is 0 Å². The fourth-order valence-corrected chi connectivity index (χ4v) is 4.39. The summed E-state index contributed by atoms with van der Waals surface area (Å²) in [6.07, 6.45) is 0.930. The monoisotopic (exact) mass is 456 g/mol. The van der Waals surface area contributed by atoms with Crippen LogP contribution in [0.1, 0.15) is 54.5 Å². The van der Waals surface area contributed by atoms with Gasteiger partial charge in [0.05, 0.1) is 13.1 Å². The van der Waals surface area contributed by atoms with E-state index in [2.05, 4.69) is 19.7 Å². The molecule has 0 saturated carbocycles. The highest BCUT2D eigenvalue weighted by atomic mass is 19.1. The lowest BCUT2D eigenvalue weighted by atomic mass is 10.1. The lowest BCUT2D eigenvalue weighted by Gasteiger charge is -2.25. The molecule has 1 aliphatic heterocycles. The van der Waals surface area contributed by atoms with Crippen molar-refractivity contribution in [3.8, 4) is 0 Å². The quantitative estimate of drug-likeness (QED) is 0.649. The minimum absolute atomic E-state index is 0.0422. The first-order valence-corrected chi connectivity index (χ1v) is 11.7. The number of hydrogen-bond donors (Lipinski definition) is 1. The average Bonchev–Trinajstić information content (AvgIpc) is 2.87. The van der Waals surface area contributed by atoms with Gasteiger partial charge >= 0.3 is 0 Å². The molecule has 1 saturated heterocycles. The van der Waals surface area contributed by atoms with Gasteiger partial charge in [0.2, 0.25) is 5.91 Å². The van der Waals surface area contributed by atoms with Crippen LogP contribution >= 0.6 is 0 Å². The summed E-state index contributed by atoms with van der Waals surface area (Å²) in [4.78, 5) is 29.8. The molecule has 0 unspecified atom stereocenters. The second-order valence-electron chi connectivity index (χ2n) is 10.1. The largest absolute Gasteiger partial charge is 0.350 e. The third kappa shape index (κ3) is 7.24. The number of hydrogen-bond acceptors (Lipinski definition) is 4. The second kappa shape index (κ2) is 10.6. The first-order chi connectivity index (χ1) is 15.5. The fourth-order valence-electron chi connectivity index (χ4n) is 4.39. The zero-order valence-corrected chi connectivity index (χ0v) is 20.6. The first kappa shape index (κ1) is 25.1. The van der Waals surface area contributed by atoms with Crippen LogP contribution in [0.25, 0.3) is 0 Å². The van der Waals surface area contributed by atoms with Crippen LogP contribution in [-0.4, -0.2) is 70.9 Å². The highest BCUT2D eigenvalue weighted by Gasteiger charge is 2.23. The summed E-state index contributed by atoms with van der Waals surface area (Å²) < 4.78 is 15.3. The second-order valence-corrected chi connectivity index (χ2v) is 10.1. The topological polar surface area (TPSA) is 57.6 Å². The first-order valence-electron chi connectivity index (χ1n) is 11.7. The van der Waals surface area contributed by atoms with Gasteiger partial charge < -0.3 is 9.88 Å². The summed E-state index contributed by atoms with van der Waals surface area (Å²) in [5, 5.41) is 3.02. The van der Waals surface area contributed by atoms with Crippen LogP contribution < -0.4 is 5.32 Å². The molecule has 1 N–H and O–H groups in total. The Morgan fingerprint density at radius 1 is 0.970 bits per heavy atom. The van der Waals surface area contributed by atoms with Gasteiger partial charge in [0.1, 0.15) is 5.82 Å². The fraction of sp³-hybridized carbons (Fsp3) is 0.538. The summed E-state index contributed by atoms with van der Waals surface area (Å²) in [6.45, 7) is 14.5. The lowest BCUT2D eigenvalue weighted by Crippen LogP contribution is -2.46. The van der Waals surface area contributed by atoms with Crippen molar-refractivity contribution in [1.82, 2.24) is 19.7 Å². The van der Waals surface area contributed by atoms with E-state index >= 15 is 0 Å². The number of carbonyl (C=O) groups is 2. The van der Waals surface area contributed by atoms with E-state index in [9.17, 15) is 14.0 Å². The summed E-state index contributed by atoms with van der Waals surface area (Å²) in [7, 11) is 0. The summed E-state index contributed by atoms with van der Waals surface area (Å²) in [5.74, 6) is -0.0885. The molecule has 1 aromatic heterocycles. The molecule has 7 heteroatoms. The average molecular weight is 457 g/mol. The van der Waals surface area contributed by atoms with Gasteiger partial charge in [-0.1, -0.05) is 12.1 Å².